The summed E-state index contributed by atoms with van der Waals surface area (Å²) < 4.78 is 0. The second kappa shape index (κ2) is 5.53. The molecule has 2 atom stereocenters. The fourth-order valence-electron chi connectivity index (χ4n) is 2.47. The van der Waals surface area contributed by atoms with Gasteiger partial charge in [0.25, 0.3) is 5.91 Å². The van der Waals surface area contributed by atoms with Gasteiger partial charge in [-0.15, -0.1) is 0 Å². The van der Waals surface area contributed by atoms with Crippen LogP contribution in [0, 0.1) is 0 Å². The molecule has 0 spiro atoms. The van der Waals surface area contributed by atoms with Gasteiger partial charge in [0, 0.05) is 6.54 Å². The van der Waals surface area contributed by atoms with Crippen LogP contribution in [0.15, 0.2) is 0 Å². The average Bonchev–Trinajstić information content (AvgIpc) is 2.63. The Morgan fingerprint density at radius 2 is 2.33 bits per heavy atom. The van der Waals surface area contributed by atoms with Gasteiger partial charge >= 0.3 is 6.03 Å². The lowest BCUT2D eigenvalue weighted by Gasteiger charge is -2.28. The maximum Gasteiger partial charge on any atom is 0.345 e. The van der Waals surface area contributed by atoms with E-state index in [0.29, 0.717) is 19.6 Å². The van der Waals surface area contributed by atoms with Crippen LogP contribution < -0.4 is 11.3 Å². The molecule has 3 N–H and O–H groups in total. The average molecular weight is 256 g/mol. The van der Waals surface area contributed by atoms with Crippen LogP contribution in [-0.4, -0.2) is 47.1 Å². The highest BCUT2D eigenvalue weighted by Crippen LogP contribution is 2.30. The van der Waals surface area contributed by atoms with Crippen molar-refractivity contribution in [3.05, 3.63) is 0 Å². The van der Waals surface area contributed by atoms with Gasteiger partial charge in [-0.1, -0.05) is 13.3 Å². The van der Waals surface area contributed by atoms with Crippen LogP contribution in [0.3, 0.4) is 0 Å². The van der Waals surface area contributed by atoms with E-state index in [-0.39, 0.29) is 18.0 Å². The number of rotatable bonds is 5. The highest BCUT2D eigenvalue weighted by molar-refractivity contribution is 5.88. The van der Waals surface area contributed by atoms with E-state index in [1.807, 2.05) is 0 Å². The van der Waals surface area contributed by atoms with Crippen LogP contribution in [0.2, 0.25) is 0 Å². The van der Waals surface area contributed by atoms with Crippen molar-refractivity contribution >= 4 is 11.9 Å². The molecule has 7 heteroatoms. The lowest BCUT2D eigenvalue weighted by atomic mass is 10.0. The van der Waals surface area contributed by atoms with Gasteiger partial charge in [-0.05, 0) is 19.3 Å². The van der Waals surface area contributed by atoms with Gasteiger partial charge in [0.1, 0.15) is 6.04 Å². The number of hydrogen-bond donors (Lipinski definition) is 2. The first kappa shape index (κ1) is 13.1. The minimum Gasteiger partial charge on any atom is -0.309 e. The van der Waals surface area contributed by atoms with E-state index in [2.05, 4.69) is 12.3 Å². The third-order valence-electron chi connectivity index (χ3n) is 3.50. The normalized spacial score (nSPS) is 26.7. The maximum absolute atomic E-state index is 12.1. The number of hydrazine groups is 1. The zero-order valence-electron chi connectivity index (χ0n) is 10.6. The Balaban J connectivity index is 1.99. The Morgan fingerprint density at radius 1 is 1.56 bits per heavy atom. The summed E-state index contributed by atoms with van der Waals surface area (Å²) >= 11 is 0. The van der Waals surface area contributed by atoms with E-state index in [4.69, 9.17) is 10.7 Å². The number of piperidine rings is 1. The SMILES string of the molecule is CCCCON1C(=O)N2C[C@@H]1CC[C@H]2C(=O)NN. The molecular formula is C11H20N4O3. The molecule has 2 aliphatic rings. The number of hydroxylamine groups is 2. The fourth-order valence-corrected chi connectivity index (χ4v) is 2.47. The molecule has 0 aromatic carbocycles. The molecule has 0 aromatic heterocycles. The molecule has 2 fully saturated rings. The van der Waals surface area contributed by atoms with Gasteiger partial charge in [-0.2, -0.15) is 5.06 Å². The van der Waals surface area contributed by atoms with E-state index in [9.17, 15) is 9.59 Å². The van der Waals surface area contributed by atoms with Gasteiger partial charge < -0.3 is 4.90 Å². The minimum absolute atomic E-state index is 0.0659. The van der Waals surface area contributed by atoms with E-state index >= 15 is 0 Å². The van der Waals surface area contributed by atoms with E-state index < -0.39 is 6.04 Å². The van der Waals surface area contributed by atoms with Crippen LogP contribution in [0.5, 0.6) is 0 Å². The van der Waals surface area contributed by atoms with Crippen molar-refractivity contribution in [3.63, 3.8) is 0 Å². The standard InChI is InChI=1S/C11H20N4O3/c1-2-3-6-18-15-8-4-5-9(10(16)13-12)14(7-8)11(15)17/h8-9H,2-7,12H2,1H3,(H,13,16)/t8-,9-/m0/s1. The Labute approximate surface area is 106 Å². The van der Waals surface area contributed by atoms with Crippen molar-refractivity contribution in [1.29, 1.82) is 0 Å². The molecular weight excluding hydrogens is 236 g/mol. The quantitative estimate of drug-likeness (QED) is 0.313. The highest BCUT2D eigenvalue weighted by atomic mass is 16.7. The fraction of sp³-hybridized carbons (Fsp3) is 0.818. The number of hydrogen-bond acceptors (Lipinski definition) is 4. The number of urea groups is 1. The summed E-state index contributed by atoms with van der Waals surface area (Å²) in [7, 11) is 0. The van der Waals surface area contributed by atoms with Crippen molar-refractivity contribution in [1.82, 2.24) is 15.4 Å². The molecule has 0 aliphatic carbocycles. The predicted molar refractivity (Wildman–Crippen MR) is 63.9 cm³/mol. The Kier molecular flexibility index (Phi) is 4.03. The molecule has 2 rings (SSSR count). The molecule has 0 aromatic rings. The molecule has 102 valence electrons. The van der Waals surface area contributed by atoms with Gasteiger partial charge in [-0.25, -0.2) is 10.6 Å². The minimum atomic E-state index is -0.460. The van der Waals surface area contributed by atoms with Gasteiger partial charge in [0.2, 0.25) is 0 Å². The van der Waals surface area contributed by atoms with E-state index in [1.54, 1.807) is 4.90 Å². The zero-order valence-corrected chi connectivity index (χ0v) is 10.6. The lowest BCUT2D eigenvalue weighted by Crippen LogP contribution is -2.51. The van der Waals surface area contributed by atoms with Crippen LogP contribution in [0.25, 0.3) is 0 Å². The summed E-state index contributed by atoms with van der Waals surface area (Å²) in [6.45, 7) is 3.15. The van der Waals surface area contributed by atoms with Gasteiger partial charge in [-0.3, -0.25) is 15.1 Å². The van der Waals surface area contributed by atoms with E-state index in [0.717, 1.165) is 19.3 Å². The number of unbranched alkanes of at least 4 members (excludes halogenated alkanes) is 1. The number of nitrogens with zero attached hydrogens (tertiary/aromatic N) is 2. The monoisotopic (exact) mass is 256 g/mol. The summed E-state index contributed by atoms with van der Waals surface area (Å²) in [5.41, 5.74) is 2.11. The summed E-state index contributed by atoms with van der Waals surface area (Å²) in [6.07, 6.45) is 3.34. The van der Waals surface area contributed by atoms with Crippen molar-refractivity contribution in [2.24, 2.45) is 5.84 Å². The van der Waals surface area contributed by atoms with Gasteiger partial charge in [0.05, 0.1) is 12.6 Å². The second-order valence-corrected chi connectivity index (χ2v) is 4.70. The molecule has 2 saturated heterocycles. The van der Waals surface area contributed by atoms with E-state index in [1.165, 1.54) is 5.06 Å². The second-order valence-electron chi connectivity index (χ2n) is 4.70. The number of nitrogens with two attached hydrogens (primary N) is 1. The lowest BCUT2D eigenvalue weighted by molar-refractivity contribution is -0.131. The van der Waals surface area contributed by atoms with Crippen molar-refractivity contribution in [2.75, 3.05) is 13.2 Å². The summed E-state index contributed by atoms with van der Waals surface area (Å²) in [5.74, 6) is 4.82. The molecule has 7 nitrogen and oxygen atoms in total. The first-order valence-corrected chi connectivity index (χ1v) is 6.42. The largest absolute Gasteiger partial charge is 0.345 e. The number of nitrogens with one attached hydrogen (secondary N) is 1. The zero-order chi connectivity index (χ0) is 13.1. The van der Waals surface area contributed by atoms with Crippen LogP contribution in [-0.2, 0) is 9.63 Å². The number of fused-ring (bicyclic) bond motifs is 2. The third kappa shape index (κ3) is 2.28. The number of amides is 3. The molecule has 0 saturated carbocycles. The van der Waals surface area contributed by atoms with Crippen LogP contribution in [0.4, 0.5) is 4.79 Å². The molecule has 18 heavy (non-hydrogen) atoms. The molecule has 3 amide bonds. The predicted octanol–water partition coefficient (Wildman–Crippen LogP) is -0.0234. The Bertz CT molecular complexity index is 336. The molecule has 2 heterocycles. The molecule has 0 unspecified atom stereocenters. The third-order valence-corrected chi connectivity index (χ3v) is 3.50. The summed E-state index contributed by atoms with van der Waals surface area (Å²) in [6, 6.07) is -0.614. The Hall–Kier alpha value is -1.34. The summed E-state index contributed by atoms with van der Waals surface area (Å²) in [5, 5.41) is 1.43. The van der Waals surface area contributed by atoms with Crippen molar-refractivity contribution < 1.29 is 14.4 Å². The number of carbonyl (C=O) groups is 2. The van der Waals surface area contributed by atoms with Crippen LogP contribution >= 0.6 is 0 Å². The van der Waals surface area contributed by atoms with Crippen molar-refractivity contribution in [3.8, 4) is 0 Å². The topological polar surface area (TPSA) is 87.9 Å². The molecule has 2 aliphatic heterocycles. The smallest absolute Gasteiger partial charge is 0.309 e. The van der Waals surface area contributed by atoms with Crippen LogP contribution in [0.1, 0.15) is 32.6 Å². The highest BCUT2D eigenvalue weighted by Gasteiger charge is 2.47. The molecule has 2 bridgehead atoms. The first-order chi connectivity index (χ1) is 8.69. The molecule has 0 radical (unpaired) electrons. The van der Waals surface area contributed by atoms with Crippen molar-refractivity contribution in [2.45, 2.75) is 44.7 Å². The van der Waals surface area contributed by atoms with Gasteiger partial charge in [0.15, 0.2) is 0 Å². The maximum atomic E-state index is 12.1. The summed E-state index contributed by atoms with van der Waals surface area (Å²) in [4.78, 5) is 30.8. The number of carbonyl (C=O) groups excluding carboxylic acids is 2. The Morgan fingerprint density at radius 3 is 3.00 bits per heavy atom. The first-order valence-electron chi connectivity index (χ1n) is 6.42.